The Hall–Kier alpha value is -1.70. The van der Waals surface area contributed by atoms with E-state index in [0.29, 0.717) is 19.6 Å². The number of rotatable bonds is 16. The molecule has 31 heavy (non-hydrogen) atoms. The molecule has 0 saturated carbocycles. The molecule has 9 heteroatoms. The van der Waals surface area contributed by atoms with Crippen molar-refractivity contribution in [1.29, 1.82) is 5.26 Å². The predicted octanol–water partition coefficient (Wildman–Crippen LogP) is 3.47. The van der Waals surface area contributed by atoms with Crippen LogP contribution in [0.2, 0.25) is 0 Å². The zero-order valence-corrected chi connectivity index (χ0v) is 19.4. The molecule has 0 radical (unpaired) electrons. The van der Waals surface area contributed by atoms with Crippen molar-refractivity contribution >= 4 is 10.1 Å². The summed E-state index contributed by atoms with van der Waals surface area (Å²) in [4.78, 5) is -0.208. The topological polar surface area (TPSA) is 143 Å². The highest BCUT2D eigenvalue weighted by Gasteiger charge is 2.17. The van der Waals surface area contributed by atoms with Gasteiger partial charge in [-0.05, 0) is 30.5 Å². The highest BCUT2D eigenvalue weighted by molar-refractivity contribution is 7.86. The number of aliphatic hydroxyl groups excluding tert-OH is 1. The van der Waals surface area contributed by atoms with E-state index in [2.05, 4.69) is 6.92 Å². The van der Waals surface area contributed by atoms with Gasteiger partial charge in [0.15, 0.2) is 0 Å². The summed E-state index contributed by atoms with van der Waals surface area (Å²) < 4.78 is 43.4. The van der Waals surface area contributed by atoms with E-state index in [1.807, 2.05) is 12.1 Å². The highest BCUT2D eigenvalue weighted by atomic mass is 32.2. The Morgan fingerprint density at radius 3 is 2.29 bits per heavy atom. The van der Waals surface area contributed by atoms with Crippen molar-refractivity contribution in [2.45, 2.75) is 69.6 Å². The third kappa shape index (κ3) is 15.7. The zero-order chi connectivity index (χ0) is 23.4. The SMILES string of the molecule is CCCCCCCCCc1ccc(OCCOCCC#N)c(S(=O)(=O)O)c1.NCCO. The van der Waals surface area contributed by atoms with E-state index in [1.165, 1.54) is 38.2 Å². The van der Waals surface area contributed by atoms with Gasteiger partial charge in [0.25, 0.3) is 10.1 Å². The van der Waals surface area contributed by atoms with Gasteiger partial charge in [-0.3, -0.25) is 4.55 Å². The van der Waals surface area contributed by atoms with Gasteiger partial charge in [0.1, 0.15) is 17.3 Å². The van der Waals surface area contributed by atoms with Crippen molar-refractivity contribution in [3.8, 4) is 11.8 Å². The van der Waals surface area contributed by atoms with Gasteiger partial charge in [-0.15, -0.1) is 0 Å². The minimum atomic E-state index is -4.36. The third-order valence-electron chi connectivity index (χ3n) is 4.33. The van der Waals surface area contributed by atoms with E-state index in [9.17, 15) is 13.0 Å². The van der Waals surface area contributed by atoms with Crippen molar-refractivity contribution in [2.24, 2.45) is 5.73 Å². The number of hydrogen-bond donors (Lipinski definition) is 3. The smallest absolute Gasteiger partial charge is 0.298 e. The maximum Gasteiger partial charge on any atom is 0.298 e. The number of unbranched alkanes of at least 4 members (excludes halogenated alkanes) is 6. The van der Waals surface area contributed by atoms with Gasteiger partial charge >= 0.3 is 0 Å². The third-order valence-corrected chi connectivity index (χ3v) is 5.20. The lowest BCUT2D eigenvalue weighted by Gasteiger charge is -2.12. The Bertz CT molecular complexity index is 717. The van der Waals surface area contributed by atoms with Crippen LogP contribution in [0.3, 0.4) is 0 Å². The largest absolute Gasteiger partial charge is 0.490 e. The number of nitrogens with two attached hydrogens (primary N) is 1. The van der Waals surface area contributed by atoms with Crippen molar-refractivity contribution in [3.63, 3.8) is 0 Å². The second-order valence-electron chi connectivity index (χ2n) is 7.01. The fourth-order valence-electron chi connectivity index (χ4n) is 2.75. The maximum atomic E-state index is 11.7. The lowest BCUT2D eigenvalue weighted by Crippen LogP contribution is -2.10. The second-order valence-corrected chi connectivity index (χ2v) is 8.40. The van der Waals surface area contributed by atoms with Crippen molar-refractivity contribution in [1.82, 2.24) is 0 Å². The van der Waals surface area contributed by atoms with Crippen LogP contribution in [0.5, 0.6) is 5.75 Å². The summed E-state index contributed by atoms with van der Waals surface area (Å²) in [6, 6.07) is 6.86. The number of ether oxygens (including phenoxy) is 2. The summed E-state index contributed by atoms with van der Waals surface area (Å²) in [5.41, 5.74) is 5.65. The number of aryl methyl sites for hydroxylation is 1. The summed E-state index contributed by atoms with van der Waals surface area (Å²) in [6.07, 6.45) is 9.40. The van der Waals surface area contributed by atoms with E-state index in [-0.39, 0.29) is 30.5 Å². The molecule has 0 spiro atoms. The Morgan fingerprint density at radius 1 is 1.06 bits per heavy atom. The molecule has 0 atom stereocenters. The fourth-order valence-corrected chi connectivity index (χ4v) is 3.43. The molecule has 1 aromatic carbocycles. The molecule has 0 bridgehead atoms. The van der Waals surface area contributed by atoms with Gasteiger partial charge in [0.05, 0.1) is 32.3 Å². The molecular formula is C22H38N2O6S. The Labute approximate surface area is 187 Å². The minimum Gasteiger partial charge on any atom is -0.490 e. The molecule has 8 nitrogen and oxygen atoms in total. The number of aliphatic hydroxyl groups is 1. The van der Waals surface area contributed by atoms with Crippen LogP contribution in [0.1, 0.15) is 63.9 Å². The van der Waals surface area contributed by atoms with Crippen LogP contribution >= 0.6 is 0 Å². The Balaban J connectivity index is 0.00000206. The summed E-state index contributed by atoms with van der Waals surface area (Å²) in [7, 11) is -4.36. The highest BCUT2D eigenvalue weighted by Crippen LogP contribution is 2.26. The molecule has 0 aromatic heterocycles. The zero-order valence-electron chi connectivity index (χ0n) is 18.6. The Morgan fingerprint density at radius 2 is 1.71 bits per heavy atom. The second kappa shape index (κ2) is 19.0. The summed E-state index contributed by atoms with van der Waals surface area (Å²) in [5, 5.41) is 16.2. The summed E-state index contributed by atoms with van der Waals surface area (Å²) >= 11 is 0. The molecule has 1 rings (SSSR count). The summed E-state index contributed by atoms with van der Waals surface area (Å²) in [6.45, 7) is 3.36. The number of nitrogens with zero attached hydrogens (tertiary/aromatic N) is 1. The molecule has 1 aromatic rings. The van der Waals surface area contributed by atoms with Gasteiger partial charge in [0.2, 0.25) is 0 Å². The molecule has 0 aliphatic carbocycles. The van der Waals surface area contributed by atoms with Crippen LogP contribution in [-0.2, 0) is 21.3 Å². The van der Waals surface area contributed by atoms with Crippen molar-refractivity contribution in [2.75, 3.05) is 33.0 Å². The first-order valence-electron chi connectivity index (χ1n) is 10.9. The van der Waals surface area contributed by atoms with Crippen LogP contribution in [0.4, 0.5) is 0 Å². The molecule has 178 valence electrons. The van der Waals surface area contributed by atoms with Gasteiger partial charge < -0.3 is 20.3 Å². The van der Waals surface area contributed by atoms with E-state index in [1.54, 1.807) is 6.07 Å². The van der Waals surface area contributed by atoms with Gasteiger partial charge in [-0.1, -0.05) is 51.5 Å². The van der Waals surface area contributed by atoms with Crippen molar-refractivity contribution in [3.05, 3.63) is 23.8 Å². The maximum absolute atomic E-state index is 11.7. The number of hydrogen-bond acceptors (Lipinski definition) is 7. The molecule has 0 aliphatic heterocycles. The average Bonchev–Trinajstić information content (AvgIpc) is 2.75. The van der Waals surface area contributed by atoms with Gasteiger partial charge in [-0.2, -0.15) is 13.7 Å². The minimum absolute atomic E-state index is 0.0972. The first-order chi connectivity index (χ1) is 14.9. The van der Waals surface area contributed by atoms with Gasteiger partial charge in [0, 0.05) is 6.54 Å². The first-order valence-corrected chi connectivity index (χ1v) is 12.3. The van der Waals surface area contributed by atoms with Gasteiger partial charge in [-0.25, -0.2) is 0 Å². The standard InChI is InChI=1S/C20H31NO5S.C2H7NO/c1-2-3-4-5-6-7-8-10-18-11-12-19(20(17-18)27(22,23)24)26-16-15-25-14-9-13-21;3-1-2-4/h11-12,17H,2-10,14-16H2,1H3,(H,22,23,24);4H,1-3H2. The molecule has 0 fully saturated rings. The number of benzene rings is 1. The lowest BCUT2D eigenvalue weighted by atomic mass is 10.0. The average molecular weight is 459 g/mol. The van der Waals surface area contributed by atoms with E-state index < -0.39 is 10.1 Å². The lowest BCUT2D eigenvalue weighted by molar-refractivity contribution is 0.103. The predicted molar refractivity (Wildman–Crippen MR) is 121 cm³/mol. The molecule has 4 N–H and O–H groups in total. The van der Waals surface area contributed by atoms with E-state index in [0.717, 1.165) is 24.8 Å². The molecular weight excluding hydrogens is 420 g/mol. The summed E-state index contributed by atoms with van der Waals surface area (Å²) in [5.74, 6) is 0.115. The molecule has 0 unspecified atom stereocenters. The normalized spacial score (nSPS) is 10.8. The van der Waals surface area contributed by atoms with Crippen LogP contribution in [0.15, 0.2) is 23.1 Å². The monoisotopic (exact) mass is 458 g/mol. The van der Waals surface area contributed by atoms with Crippen molar-refractivity contribution < 1.29 is 27.6 Å². The molecule has 0 amide bonds. The van der Waals surface area contributed by atoms with Crippen LogP contribution in [0, 0.1) is 11.3 Å². The quantitative estimate of drug-likeness (QED) is 0.252. The molecule has 0 saturated heterocycles. The first kappa shape index (κ1) is 29.3. The van der Waals surface area contributed by atoms with Crippen LogP contribution in [-0.4, -0.2) is 51.0 Å². The fraction of sp³-hybridized carbons (Fsp3) is 0.682. The number of nitriles is 1. The molecule has 0 heterocycles. The van der Waals surface area contributed by atoms with Crippen LogP contribution in [0.25, 0.3) is 0 Å². The van der Waals surface area contributed by atoms with E-state index >= 15 is 0 Å². The molecule has 0 aliphatic rings. The Kier molecular flexibility index (Phi) is 18.0. The van der Waals surface area contributed by atoms with Crippen LogP contribution < -0.4 is 10.5 Å². The van der Waals surface area contributed by atoms with E-state index in [4.69, 9.17) is 25.6 Å².